The van der Waals surface area contributed by atoms with Gasteiger partial charge in [0.2, 0.25) is 0 Å². The van der Waals surface area contributed by atoms with Crippen LogP contribution in [0.15, 0.2) is 24.3 Å². The second-order valence-electron chi connectivity index (χ2n) is 6.16. The lowest BCUT2D eigenvalue weighted by atomic mass is 9.97. The standard InChI is InChI=1S/C15H24ClNO2S/c1-15(2,3)20(18,19)8-7-13(11-17)9-12-5-4-6-14(16)10-12/h4-6,10,13H,7-9,11,17H2,1-3H3. The number of halogens is 1. The molecule has 0 fully saturated rings. The van der Waals surface area contributed by atoms with Gasteiger partial charge in [-0.2, -0.15) is 0 Å². The summed E-state index contributed by atoms with van der Waals surface area (Å²) in [5.74, 6) is 0.337. The Morgan fingerprint density at radius 3 is 2.45 bits per heavy atom. The molecular weight excluding hydrogens is 294 g/mol. The SMILES string of the molecule is CC(C)(C)S(=O)(=O)CCC(CN)Cc1cccc(Cl)c1. The van der Waals surface area contributed by atoms with E-state index in [9.17, 15) is 8.42 Å². The van der Waals surface area contributed by atoms with Crippen molar-refractivity contribution in [1.82, 2.24) is 0 Å². The molecule has 0 aliphatic rings. The van der Waals surface area contributed by atoms with Gasteiger partial charge in [0.15, 0.2) is 9.84 Å². The van der Waals surface area contributed by atoms with Gasteiger partial charge in [-0.05, 0) is 63.8 Å². The second-order valence-corrected chi connectivity index (χ2v) is 9.45. The van der Waals surface area contributed by atoms with Crippen molar-refractivity contribution in [3.63, 3.8) is 0 Å². The van der Waals surface area contributed by atoms with E-state index in [1.54, 1.807) is 20.8 Å². The third-order valence-electron chi connectivity index (χ3n) is 3.47. The van der Waals surface area contributed by atoms with E-state index in [2.05, 4.69) is 0 Å². The van der Waals surface area contributed by atoms with Crippen molar-refractivity contribution in [2.75, 3.05) is 12.3 Å². The molecule has 114 valence electrons. The van der Waals surface area contributed by atoms with Gasteiger partial charge in [-0.3, -0.25) is 0 Å². The lowest BCUT2D eigenvalue weighted by Crippen LogP contribution is -2.32. The zero-order valence-corrected chi connectivity index (χ0v) is 14.0. The maximum absolute atomic E-state index is 12.1. The molecule has 0 saturated heterocycles. The van der Waals surface area contributed by atoms with Gasteiger partial charge in [-0.25, -0.2) is 8.42 Å². The Morgan fingerprint density at radius 2 is 1.95 bits per heavy atom. The highest BCUT2D eigenvalue weighted by atomic mass is 35.5. The van der Waals surface area contributed by atoms with Crippen molar-refractivity contribution in [3.05, 3.63) is 34.9 Å². The summed E-state index contributed by atoms with van der Waals surface area (Å²) < 4.78 is 23.5. The van der Waals surface area contributed by atoms with Crippen LogP contribution in [0.25, 0.3) is 0 Å². The van der Waals surface area contributed by atoms with Crippen LogP contribution in [0, 0.1) is 5.92 Å². The number of nitrogens with two attached hydrogens (primary N) is 1. The average molecular weight is 318 g/mol. The monoisotopic (exact) mass is 317 g/mol. The zero-order chi connectivity index (χ0) is 15.4. The summed E-state index contributed by atoms with van der Waals surface area (Å²) in [6.45, 7) is 5.68. The van der Waals surface area contributed by atoms with Crippen LogP contribution in [0.2, 0.25) is 5.02 Å². The summed E-state index contributed by atoms with van der Waals surface area (Å²) in [5.41, 5.74) is 6.87. The van der Waals surface area contributed by atoms with Crippen molar-refractivity contribution < 1.29 is 8.42 Å². The van der Waals surface area contributed by atoms with Crippen molar-refractivity contribution in [2.24, 2.45) is 11.7 Å². The first-order valence-corrected chi connectivity index (χ1v) is 8.85. The summed E-state index contributed by atoms with van der Waals surface area (Å²) in [6.07, 6.45) is 1.35. The molecule has 1 unspecified atom stereocenters. The van der Waals surface area contributed by atoms with E-state index in [4.69, 9.17) is 17.3 Å². The Labute approximate surface area is 127 Å². The number of rotatable bonds is 6. The highest BCUT2D eigenvalue weighted by Gasteiger charge is 2.29. The van der Waals surface area contributed by atoms with E-state index in [0.29, 0.717) is 18.0 Å². The lowest BCUT2D eigenvalue weighted by molar-refractivity contribution is 0.503. The third kappa shape index (κ3) is 5.08. The molecule has 2 N–H and O–H groups in total. The first kappa shape index (κ1) is 17.5. The summed E-state index contributed by atoms with van der Waals surface area (Å²) in [5, 5.41) is 0.695. The molecule has 0 spiro atoms. The Kier molecular flexibility index (Phi) is 6.05. The molecule has 5 heteroatoms. The number of benzene rings is 1. The van der Waals surface area contributed by atoms with Crippen LogP contribution >= 0.6 is 11.6 Å². The van der Waals surface area contributed by atoms with E-state index < -0.39 is 14.6 Å². The van der Waals surface area contributed by atoms with Gasteiger partial charge >= 0.3 is 0 Å². The molecule has 0 radical (unpaired) electrons. The van der Waals surface area contributed by atoms with E-state index >= 15 is 0 Å². The highest BCUT2D eigenvalue weighted by molar-refractivity contribution is 7.92. The van der Waals surface area contributed by atoms with Gasteiger partial charge in [-0.15, -0.1) is 0 Å². The van der Waals surface area contributed by atoms with Gasteiger partial charge in [0, 0.05) is 5.02 Å². The predicted octanol–water partition coefficient (Wildman–Crippen LogP) is 3.06. The molecule has 0 aliphatic heterocycles. The molecule has 1 atom stereocenters. The fourth-order valence-electron chi connectivity index (χ4n) is 1.93. The van der Waals surface area contributed by atoms with Crippen molar-refractivity contribution in [1.29, 1.82) is 0 Å². The number of hydrogen-bond acceptors (Lipinski definition) is 3. The zero-order valence-electron chi connectivity index (χ0n) is 12.4. The van der Waals surface area contributed by atoms with Gasteiger partial charge in [0.05, 0.1) is 10.5 Å². The predicted molar refractivity (Wildman–Crippen MR) is 85.9 cm³/mol. The number of sulfone groups is 1. The van der Waals surface area contributed by atoms with Crippen molar-refractivity contribution >= 4 is 21.4 Å². The minimum Gasteiger partial charge on any atom is -0.330 e. The van der Waals surface area contributed by atoms with Crippen LogP contribution in [0.4, 0.5) is 0 Å². The molecule has 0 bridgehead atoms. The molecule has 0 saturated carbocycles. The van der Waals surface area contributed by atoms with Crippen LogP contribution < -0.4 is 5.73 Å². The summed E-state index contributed by atoms with van der Waals surface area (Å²) in [7, 11) is -3.08. The van der Waals surface area contributed by atoms with Crippen LogP contribution in [0.5, 0.6) is 0 Å². The Balaban J connectivity index is 2.65. The van der Waals surface area contributed by atoms with Crippen LogP contribution in [-0.4, -0.2) is 25.5 Å². The fraction of sp³-hybridized carbons (Fsp3) is 0.600. The molecule has 20 heavy (non-hydrogen) atoms. The first-order chi connectivity index (χ1) is 9.15. The lowest BCUT2D eigenvalue weighted by Gasteiger charge is -2.21. The smallest absolute Gasteiger partial charge is 0.155 e. The molecule has 1 rings (SSSR count). The van der Waals surface area contributed by atoms with E-state index in [0.717, 1.165) is 12.0 Å². The van der Waals surface area contributed by atoms with Crippen molar-refractivity contribution in [2.45, 2.75) is 38.4 Å². The minimum atomic E-state index is -3.08. The summed E-state index contributed by atoms with van der Waals surface area (Å²) in [4.78, 5) is 0. The fourth-order valence-corrected chi connectivity index (χ4v) is 3.40. The normalized spacial score (nSPS) is 14.2. The Bertz CT molecular complexity index is 535. The summed E-state index contributed by atoms with van der Waals surface area (Å²) >= 11 is 5.95. The van der Waals surface area contributed by atoms with Crippen LogP contribution in [0.3, 0.4) is 0 Å². The van der Waals surface area contributed by atoms with E-state index in [-0.39, 0.29) is 11.7 Å². The topological polar surface area (TPSA) is 60.2 Å². The molecule has 1 aromatic rings. The third-order valence-corrected chi connectivity index (χ3v) is 6.35. The molecule has 1 aromatic carbocycles. The average Bonchev–Trinajstić information content (AvgIpc) is 2.33. The molecule has 3 nitrogen and oxygen atoms in total. The highest BCUT2D eigenvalue weighted by Crippen LogP contribution is 2.21. The molecular formula is C15H24ClNO2S. The van der Waals surface area contributed by atoms with E-state index in [1.165, 1.54) is 0 Å². The second kappa shape index (κ2) is 6.92. The van der Waals surface area contributed by atoms with Gasteiger partial charge in [0.25, 0.3) is 0 Å². The Hall–Kier alpha value is -0.580. The molecule has 0 heterocycles. The summed E-state index contributed by atoms with van der Waals surface area (Å²) in [6, 6.07) is 7.62. The van der Waals surface area contributed by atoms with Crippen LogP contribution in [-0.2, 0) is 16.3 Å². The molecule has 0 amide bonds. The molecule has 0 aliphatic carbocycles. The minimum absolute atomic E-state index is 0.158. The first-order valence-electron chi connectivity index (χ1n) is 6.82. The van der Waals surface area contributed by atoms with Gasteiger partial charge in [0.1, 0.15) is 0 Å². The molecule has 0 aromatic heterocycles. The van der Waals surface area contributed by atoms with Gasteiger partial charge < -0.3 is 5.73 Å². The quantitative estimate of drug-likeness (QED) is 0.877. The maximum Gasteiger partial charge on any atom is 0.155 e. The number of hydrogen-bond donors (Lipinski definition) is 1. The van der Waals surface area contributed by atoms with E-state index in [1.807, 2.05) is 24.3 Å². The van der Waals surface area contributed by atoms with Crippen LogP contribution in [0.1, 0.15) is 32.8 Å². The largest absolute Gasteiger partial charge is 0.330 e. The van der Waals surface area contributed by atoms with Gasteiger partial charge in [-0.1, -0.05) is 23.7 Å². The van der Waals surface area contributed by atoms with Crippen molar-refractivity contribution in [3.8, 4) is 0 Å². The Morgan fingerprint density at radius 1 is 1.30 bits per heavy atom. The maximum atomic E-state index is 12.1.